The molecule has 0 fully saturated rings. The van der Waals surface area contributed by atoms with Gasteiger partial charge in [-0.1, -0.05) is 22.9 Å². The van der Waals surface area contributed by atoms with Gasteiger partial charge in [-0.05, 0) is 6.07 Å². The smallest absolute Gasteiger partial charge is 0.218 e. The maximum atomic E-state index is 6.00. The third kappa shape index (κ3) is 1.05. The van der Waals surface area contributed by atoms with E-state index >= 15 is 0 Å². The summed E-state index contributed by atoms with van der Waals surface area (Å²) in [5.74, 6) is 6.00. The molecule has 2 heterocycles. The summed E-state index contributed by atoms with van der Waals surface area (Å²) in [6, 6.07) is 10.4. The van der Waals surface area contributed by atoms with Gasteiger partial charge in [-0.2, -0.15) is 0 Å². The minimum absolute atomic E-state index is 1.05. The molecule has 0 atom stereocenters. The van der Waals surface area contributed by atoms with Crippen LogP contribution in [-0.2, 0) is 0 Å². The lowest BCUT2D eigenvalue weighted by Gasteiger charge is -1.98. The highest BCUT2D eigenvalue weighted by Crippen LogP contribution is 2.26. The maximum absolute atomic E-state index is 6.00. The second-order valence-electron chi connectivity index (χ2n) is 4.20. The molecule has 80 valence electrons. The number of fused-ring (bicyclic) bond motifs is 3. The van der Waals surface area contributed by atoms with Crippen LogP contribution in [0.15, 0.2) is 30.3 Å². The maximum Gasteiger partial charge on any atom is 0.218 e. The van der Waals surface area contributed by atoms with Crippen LogP contribution in [0.2, 0.25) is 0 Å². The summed E-state index contributed by atoms with van der Waals surface area (Å²) < 4.78 is 1.74. The molecule has 3 rings (SSSR count). The van der Waals surface area contributed by atoms with Gasteiger partial charge in [0, 0.05) is 30.8 Å². The lowest BCUT2D eigenvalue weighted by Crippen LogP contribution is -2.49. The zero-order valence-electron chi connectivity index (χ0n) is 9.41. The van der Waals surface area contributed by atoms with E-state index in [1.54, 1.807) is 4.68 Å². The van der Waals surface area contributed by atoms with Crippen LogP contribution in [0, 0.1) is 13.8 Å². The van der Waals surface area contributed by atoms with Crippen molar-refractivity contribution in [2.45, 2.75) is 13.8 Å². The number of para-hydroxylation sites is 1. The molecule has 1 aromatic carbocycles. The lowest BCUT2D eigenvalue weighted by molar-refractivity contribution is -0.650. The molecule has 3 nitrogen and oxygen atoms in total. The third-order valence-electron chi connectivity index (χ3n) is 3.19. The summed E-state index contributed by atoms with van der Waals surface area (Å²) in [5.41, 5.74) is 4.45. The summed E-state index contributed by atoms with van der Waals surface area (Å²) >= 11 is 0. The Morgan fingerprint density at radius 1 is 1.12 bits per heavy atom. The average molecular weight is 212 g/mol. The van der Waals surface area contributed by atoms with Gasteiger partial charge >= 0.3 is 0 Å². The fraction of sp³-hybridized carbons (Fsp3) is 0.154. The standard InChI is InChI=1S/C13H13N3/c1-8-7-12-13(9(2)16(8)14)10-5-3-4-6-11(10)15-12/h3-7H,14H2,1-2H3/p+1. The quantitative estimate of drug-likeness (QED) is 0.434. The predicted molar refractivity (Wildman–Crippen MR) is 65.6 cm³/mol. The molecule has 0 bridgehead atoms. The zero-order valence-corrected chi connectivity index (χ0v) is 9.41. The second kappa shape index (κ2) is 2.98. The number of nitrogens with one attached hydrogen (secondary N) is 1. The van der Waals surface area contributed by atoms with E-state index in [4.69, 9.17) is 5.84 Å². The van der Waals surface area contributed by atoms with E-state index in [2.05, 4.69) is 36.2 Å². The molecular weight excluding hydrogens is 198 g/mol. The molecule has 0 spiro atoms. The number of hydrogen-bond donors (Lipinski definition) is 2. The van der Waals surface area contributed by atoms with Crippen molar-refractivity contribution < 1.29 is 4.68 Å². The lowest BCUT2D eigenvalue weighted by atomic mass is 10.1. The van der Waals surface area contributed by atoms with Crippen LogP contribution in [0.25, 0.3) is 21.8 Å². The van der Waals surface area contributed by atoms with Crippen LogP contribution in [0.4, 0.5) is 0 Å². The number of nitrogens with two attached hydrogens (primary N) is 1. The van der Waals surface area contributed by atoms with Crippen LogP contribution in [0.1, 0.15) is 11.4 Å². The second-order valence-corrected chi connectivity index (χ2v) is 4.20. The summed E-state index contributed by atoms with van der Waals surface area (Å²) in [6.07, 6.45) is 0. The van der Waals surface area contributed by atoms with Crippen molar-refractivity contribution in [1.82, 2.24) is 4.98 Å². The number of nitrogens with zero attached hydrogens (tertiary/aromatic N) is 1. The number of nitrogen functional groups attached to an aromatic ring is 1. The predicted octanol–water partition coefficient (Wildman–Crippen LogP) is 1.94. The van der Waals surface area contributed by atoms with Crippen molar-refractivity contribution in [3.63, 3.8) is 0 Å². The van der Waals surface area contributed by atoms with Gasteiger partial charge < -0.3 is 4.98 Å². The molecule has 3 aromatic rings. The topological polar surface area (TPSA) is 45.7 Å². The van der Waals surface area contributed by atoms with E-state index < -0.39 is 0 Å². The highest BCUT2D eigenvalue weighted by molar-refractivity contribution is 6.07. The molecule has 2 aromatic heterocycles. The Bertz CT molecular complexity index is 695. The summed E-state index contributed by atoms with van der Waals surface area (Å²) in [5, 5.41) is 2.44. The van der Waals surface area contributed by atoms with Gasteiger partial charge in [0.1, 0.15) is 0 Å². The van der Waals surface area contributed by atoms with E-state index in [-0.39, 0.29) is 0 Å². The van der Waals surface area contributed by atoms with E-state index in [0.717, 1.165) is 22.4 Å². The monoisotopic (exact) mass is 212 g/mol. The number of aryl methyl sites for hydroxylation is 2. The number of pyridine rings is 1. The number of aromatic amines is 1. The summed E-state index contributed by atoms with van der Waals surface area (Å²) in [7, 11) is 0. The van der Waals surface area contributed by atoms with Crippen LogP contribution >= 0.6 is 0 Å². The molecule has 0 aliphatic carbocycles. The first-order chi connectivity index (χ1) is 7.68. The molecule has 0 radical (unpaired) electrons. The molecular formula is C13H14N3+. The van der Waals surface area contributed by atoms with E-state index in [1.807, 2.05) is 13.0 Å². The fourth-order valence-corrected chi connectivity index (χ4v) is 2.32. The van der Waals surface area contributed by atoms with Gasteiger partial charge in [0.05, 0.1) is 10.9 Å². The van der Waals surface area contributed by atoms with Crippen LogP contribution in [-0.4, -0.2) is 4.98 Å². The van der Waals surface area contributed by atoms with Crippen LogP contribution in [0.5, 0.6) is 0 Å². The van der Waals surface area contributed by atoms with Crippen molar-refractivity contribution in [2.24, 2.45) is 0 Å². The summed E-state index contributed by atoms with van der Waals surface area (Å²) in [4.78, 5) is 3.42. The van der Waals surface area contributed by atoms with Crippen LogP contribution in [0.3, 0.4) is 0 Å². The molecule has 0 amide bonds. The molecule has 3 N–H and O–H groups in total. The van der Waals surface area contributed by atoms with Crippen molar-refractivity contribution >= 4 is 21.8 Å². The largest absolute Gasteiger partial charge is 0.354 e. The molecule has 16 heavy (non-hydrogen) atoms. The minimum Gasteiger partial charge on any atom is -0.354 e. The first kappa shape index (κ1) is 9.21. The van der Waals surface area contributed by atoms with Gasteiger partial charge in [-0.3, -0.25) is 0 Å². The average Bonchev–Trinajstić information content (AvgIpc) is 2.64. The SMILES string of the molecule is Cc1cc2[nH]c3ccccc3c2c(C)[n+]1N. The first-order valence-electron chi connectivity index (χ1n) is 5.36. The molecule has 3 heteroatoms. The molecule has 0 saturated carbocycles. The molecule has 0 aliphatic heterocycles. The minimum atomic E-state index is 1.05. The van der Waals surface area contributed by atoms with E-state index in [0.29, 0.717) is 0 Å². The van der Waals surface area contributed by atoms with Crippen molar-refractivity contribution in [3.05, 3.63) is 41.7 Å². The number of H-pyrrole nitrogens is 1. The number of hydrogen-bond acceptors (Lipinski definition) is 1. The fourth-order valence-electron chi connectivity index (χ4n) is 2.32. The Morgan fingerprint density at radius 2 is 1.88 bits per heavy atom. The van der Waals surface area contributed by atoms with E-state index in [9.17, 15) is 0 Å². The third-order valence-corrected chi connectivity index (χ3v) is 3.19. The number of aromatic nitrogens is 2. The Morgan fingerprint density at radius 3 is 2.69 bits per heavy atom. The van der Waals surface area contributed by atoms with Crippen molar-refractivity contribution in [3.8, 4) is 0 Å². The zero-order chi connectivity index (χ0) is 11.3. The van der Waals surface area contributed by atoms with E-state index in [1.165, 1.54) is 10.8 Å². The Balaban J connectivity index is 2.62. The Hall–Kier alpha value is -2.03. The summed E-state index contributed by atoms with van der Waals surface area (Å²) in [6.45, 7) is 4.06. The van der Waals surface area contributed by atoms with Gasteiger partial charge in [0.25, 0.3) is 0 Å². The van der Waals surface area contributed by atoms with Gasteiger partial charge in [-0.15, -0.1) is 0 Å². The van der Waals surface area contributed by atoms with Gasteiger partial charge in [-0.25, -0.2) is 5.84 Å². The number of benzene rings is 1. The van der Waals surface area contributed by atoms with Crippen molar-refractivity contribution in [2.75, 3.05) is 5.84 Å². The van der Waals surface area contributed by atoms with Crippen LogP contribution < -0.4 is 10.5 Å². The Kier molecular flexibility index (Phi) is 1.72. The number of rotatable bonds is 0. The highest BCUT2D eigenvalue weighted by atomic mass is 15.3. The van der Waals surface area contributed by atoms with Gasteiger partial charge in [0.2, 0.25) is 11.4 Å². The first-order valence-corrected chi connectivity index (χ1v) is 5.36. The highest BCUT2D eigenvalue weighted by Gasteiger charge is 2.16. The normalized spacial score (nSPS) is 11.4. The van der Waals surface area contributed by atoms with Gasteiger partial charge in [0.15, 0.2) is 0 Å². The molecule has 0 aliphatic rings. The van der Waals surface area contributed by atoms with Crippen molar-refractivity contribution in [1.29, 1.82) is 0 Å². The molecule has 0 saturated heterocycles. The Labute approximate surface area is 93.5 Å². The molecule has 0 unspecified atom stereocenters.